The van der Waals surface area contributed by atoms with Crippen molar-refractivity contribution >= 4 is 10.8 Å². The Kier molecular flexibility index (Phi) is 6.50. The van der Waals surface area contributed by atoms with Crippen LogP contribution in [0.2, 0.25) is 0 Å². The van der Waals surface area contributed by atoms with Gasteiger partial charge in [-0.1, -0.05) is 20.8 Å². The molecule has 0 aromatic carbocycles. The number of hydrogen-bond donors (Lipinski definition) is 1. The van der Waals surface area contributed by atoms with E-state index < -0.39 is 10.8 Å². The molecule has 0 bridgehead atoms. The topological polar surface area (TPSA) is 32.3 Å². The first-order chi connectivity index (χ1) is 9.60. The van der Waals surface area contributed by atoms with Crippen molar-refractivity contribution < 1.29 is 4.21 Å². The highest BCUT2D eigenvalue weighted by atomic mass is 32.2. The first kappa shape index (κ1) is 16.4. The van der Waals surface area contributed by atoms with Gasteiger partial charge in [0.25, 0.3) is 0 Å². The lowest BCUT2D eigenvalue weighted by atomic mass is 9.73. The first-order valence-corrected chi connectivity index (χ1v) is 9.89. The van der Waals surface area contributed by atoms with Crippen molar-refractivity contribution in [3.05, 3.63) is 0 Å². The second-order valence-corrected chi connectivity index (χ2v) is 8.59. The standard InChI is InChI=1S/C16H32N2OS/c1-4-17-16-6-5-14(13(2)3)11-15(16)12-18-7-9-20(19)10-8-18/h13-17H,4-12H2,1-3H3. The summed E-state index contributed by atoms with van der Waals surface area (Å²) in [6.45, 7) is 11.3. The van der Waals surface area contributed by atoms with Crippen LogP contribution >= 0.6 is 0 Å². The Morgan fingerprint density at radius 2 is 1.95 bits per heavy atom. The molecule has 118 valence electrons. The highest BCUT2D eigenvalue weighted by Crippen LogP contribution is 2.34. The summed E-state index contributed by atoms with van der Waals surface area (Å²) in [7, 11) is -0.551. The maximum atomic E-state index is 11.5. The summed E-state index contributed by atoms with van der Waals surface area (Å²) in [6.07, 6.45) is 4.09. The lowest BCUT2D eigenvalue weighted by molar-refractivity contribution is 0.126. The molecular weight excluding hydrogens is 268 g/mol. The van der Waals surface area contributed by atoms with Crippen molar-refractivity contribution in [2.24, 2.45) is 17.8 Å². The summed E-state index contributed by atoms with van der Waals surface area (Å²) < 4.78 is 11.5. The van der Waals surface area contributed by atoms with Crippen LogP contribution in [-0.2, 0) is 10.8 Å². The van der Waals surface area contributed by atoms with Crippen LogP contribution in [0.5, 0.6) is 0 Å². The lowest BCUT2D eigenvalue weighted by Gasteiger charge is -2.41. The van der Waals surface area contributed by atoms with Crippen LogP contribution in [0.4, 0.5) is 0 Å². The number of nitrogens with one attached hydrogen (secondary N) is 1. The zero-order valence-electron chi connectivity index (χ0n) is 13.4. The molecule has 1 N–H and O–H groups in total. The smallest absolute Gasteiger partial charge is 0.0363 e. The van der Waals surface area contributed by atoms with E-state index in [1.165, 1.54) is 25.8 Å². The first-order valence-electron chi connectivity index (χ1n) is 8.40. The summed E-state index contributed by atoms with van der Waals surface area (Å²) in [5, 5.41) is 3.71. The van der Waals surface area contributed by atoms with Gasteiger partial charge in [0.2, 0.25) is 0 Å². The summed E-state index contributed by atoms with van der Waals surface area (Å²) in [6, 6.07) is 0.697. The molecule has 3 nitrogen and oxygen atoms in total. The number of nitrogens with zero attached hydrogens (tertiary/aromatic N) is 1. The Morgan fingerprint density at radius 1 is 1.25 bits per heavy atom. The van der Waals surface area contributed by atoms with E-state index in [2.05, 4.69) is 31.0 Å². The summed E-state index contributed by atoms with van der Waals surface area (Å²) in [5.41, 5.74) is 0. The van der Waals surface area contributed by atoms with E-state index >= 15 is 0 Å². The van der Waals surface area contributed by atoms with Crippen LogP contribution in [0.15, 0.2) is 0 Å². The summed E-state index contributed by atoms with van der Waals surface area (Å²) >= 11 is 0. The van der Waals surface area contributed by atoms with E-state index in [1.54, 1.807) is 0 Å². The molecule has 0 amide bonds. The molecule has 1 heterocycles. The maximum absolute atomic E-state index is 11.5. The summed E-state index contributed by atoms with van der Waals surface area (Å²) in [4.78, 5) is 2.55. The normalized spacial score (nSPS) is 33.7. The monoisotopic (exact) mass is 300 g/mol. The highest BCUT2D eigenvalue weighted by Gasteiger charge is 2.32. The minimum absolute atomic E-state index is 0.551. The van der Waals surface area contributed by atoms with Crippen molar-refractivity contribution in [3.8, 4) is 0 Å². The molecule has 1 saturated carbocycles. The lowest BCUT2D eigenvalue weighted by Crippen LogP contribution is -2.48. The van der Waals surface area contributed by atoms with Crippen LogP contribution in [0.3, 0.4) is 0 Å². The van der Waals surface area contributed by atoms with Gasteiger partial charge in [0, 0.05) is 48.0 Å². The minimum atomic E-state index is -0.551. The van der Waals surface area contributed by atoms with Crippen LogP contribution in [0.1, 0.15) is 40.0 Å². The molecule has 2 fully saturated rings. The van der Waals surface area contributed by atoms with Gasteiger partial charge in [-0.2, -0.15) is 0 Å². The average Bonchev–Trinajstić information content (AvgIpc) is 2.43. The largest absolute Gasteiger partial charge is 0.314 e. The minimum Gasteiger partial charge on any atom is -0.314 e. The Bertz CT molecular complexity index is 312. The van der Waals surface area contributed by atoms with Crippen LogP contribution < -0.4 is 5.32 Å². The zero-order chi connectivity index (χ0) is 14.5. The molecule has 3 unspecified atom stereocenters. The van der Waals surface area contributed by atoms with Crippen molar-refractivity contribution in [1.82, 2.24) is 10.2 Å². The molecule has 0 spiro atoms. The SMILES string of the molecule is CCNC1CCC(C(C)C)CC1CN1CCS(=O)CC1. The quantitative estimate of drug-likeness (QED) is 0.844. The predicted molar refractivity (Wildman–Crippen MR) is 87.5 cm³/mol. The molecule has 0 aromatic heterocycles. The number of rotatable bonds is 5. The fourth-order valence-electron chi connectivity index (χ4n) is 3.83. The second-order valence-electron chi connectivity index (χ2n) is 6.89. The zero-order valence-corrected chi connectivity index (χ0v) is 14.3. The third-order valence-corrected chi connectivity index (χ3v) is 6.47. The Labute approximate surface area is 127 Å². The molecule has 1 saturated heterocycles. The molecule has 20 heavy (non-hydrogen) atoms. The molecule has 2 aliphatic rings. The van der Waals surface area contributed by atoms with E-state index in [0.29, 0.717) is 6.04 Å². The van der Waals surface area contributed by atoms with Crippen LogP contribution in [0.25, 0.3) is 0 Å². The molecule has 0 aromatic rings. The maximum Gasteiger partial charge on any atom is 0.0363 e. The van der Waals surface area contributed by atoms with Gasteiger partial charge in [0.05, 0.1) is 0 Å². The fourth-order valence-corrected chi connectivity index (χ4v) is 4.96. The molecule has 4 heteroatoms. The number of hydrogen-bond acceptors (Lipinski definition) is 3. The fraction of sp³-hybridized carbons (Fsp3) is 1.00. The van der Waals surface area contributed by atoms with Crippen molar-refractivity contribution in [3.63, 3.8) is 0 Å². The molecular formula is C16H32N2OS. The average molecular weight is 301 g/mol. The van der Waals surface area contributed by atoms with Gasteiger partial charge >= 0.3 is 0 Å². The van der Waals surface area contributed by atoms with Crippen LogP contribution in [0, 0.1) is 17.8 Å². The van der Waals surface area contributed by atoms with Gasteiger partial charge in [-0.05, 0) is 43.6 Å². The van der Waals surface area contributed by atoms with Gasteiger partial charge in [-0.15, -0.1) is 0 Å². The summed E-state index contributed by atoms with van der Waals surface area (Å²) in [5.74, 6) is 4.25. The van der Waals surface area contributed by atoms with Gasteiger partial charge in [-0.25, -0.2) is 0 Å². The third kappa shape index (κ3) is 4.54. The van der Waals surface area contributed by atoms with E-state index in [1.807, 2.05) is 0 Å². The van der Waals surface area contributed by atoms with E-state index in [0.717, 1.165) is 48.9 Å². The Balaban J connectivity index is 1.90. The van der Waals surface area contributed by atoms with Gasteiger partial charge in [0.1, 0.15) is 0 Å². The third-order valence-electron chi connectivity index (χ3n) is 5.20. The molecule has 3 atom stereocenters. The van der Waals surface area contributed by atoms with Crippen molar-refractivity contribution in [2.75, 3.05) is 37.7 Å². The Morgan fingerprint density at radius 3 is 2.55 bits per heavy atom. The van der Waals surface area contributed by atoms with Crippen molar-refractivity contribution in [2.45, 2.75) is 46.1 Å². The second kappa shape index (κ2) is 7.90. The molecule has 2 rings (SSSR count). The van der Waals surface area contributed by atoms with Gasteiger partial charge in [0.15, 0.2) is 0 Å². The highest BCUT2D eigenvalue weighted by molar-refractivity contribution is 7.85. The van der Waals surface area contributed by atoms with Crippen molar-refractivity contribution in [1.29, 1.82) is 0 Å². The van der Waals surface area contributed by atoms with Gasteiger partial charge < -0.3 is 10.2 Å². The molecule has 1 aliphatic heterocycles. The molecule has 0 radical (unpaired) electrons. The van der Waals surface area contributed by atoms with E-state index in [9.17, 15) is 4.21 Å². The predicted octanol–water partition coefficient (Wildman–Crippen LogP) is 2.10. The van der Waals surface area contributed by atoms with E-state index in [4.69, 9.17) is 0 Å². The molecule has 1 aliphatic carbocycles. The van der Waals surface area contributed by atoms with Crippen LogP contribution in [-0.4, -0.2) is 52.8 Å². The van der Waals surface area contributed by atoms with Gasteiger partial charge in [-0.3, -0.25) is 4.21 Å². The Hall–Kier alpha value is 0.0700. The van der Waals surface area contributed by atoms with E-state index in [-0.39, 0.29) is 0 Å².